The predicted molar refractivity (Wildman–Crippen MR) is 71.4 cm³/mol. The van der Waals surface area contributed by atoms with E-state index >= 15 is 0 Å². The maximum Gasteiger partial charge on any atom is 0.165 e. The van der Waals surface area contributed by atoms with Gasteiger partial charge in [0.2, 0.25) is 0 Å². The molecule has 1 saturated heterocycles. The van der Waals surface area contributed by atoms with Crippen LogP contribution in [0.15, 0.2) is 18.2 Å². The molecule has 18 heavy (non-hydrogen) atoms. The zero-order chi connectivity index (χ0) is 12.6. The van der Waals surface area contributed by atoms with E-state index in [2.05, 4.69) is 31.3 Å². The third kappa shape index (κ3) is 2.32. The summed E-state index contributed by atoms with van der Waals surface area (Å²) in [5.74, 6) is 1.84. The Labute approximate surface area is 108 Å². The highest BCUT2D eigenvalue weighted by Gasteiger charge is 2.32. The normalized spacial score (nSPS) is 24.7. The maximum absolute atomic E-state index is 6.00. The van der Waals surface area contributed by atoms with Crippen LogP contribution in [-0.2, 0) is 6.42 Å². The van der Waals surface area contributed by atoms with Gasteiger partial charge in [0.25, 0.3) is 0 Å². The Hall–Kier alpha value is -1.22. The van der Waals surface area contributed by atoms with Gasteiger partial charge >= 0.3 is 0 Å². The number of ether oxygens (including phenoxy) is 2. The lowest BCUT2D eigenvalue weighted by Gasteiger charge is -2.19. The first-order valence-electron chi connectivity index (χ1n) is 6.81. The summed E-state index contributed by atoms with van der Waals surface area (Å²) in [4.78, 5) is 0. The van der Waals surface area contributed by atoms with Gasteiger partial charge in [0, 0.05) is 18.0 Å². The first-order chi connectivity index (χ1) is 8.64. The quantitative estimate of drug-likeness (QED) is 0.890. The van der Waals surface area contributed by atoms with E-state index in [4.69, 9.17) is 9.47 Å². The van der Waals surface area contributed by atoms with Crippen molar-refractivity contribution in [1.29, 1.82) is 0 Å². The minimum Gasteiger partial charge on any atom is -0.488 e. The summed E-state index contributed by atoms with van der Waals surface area (Å²) in [6, 6.07) is 6.69. The zero-order valence-electron chi connectivity index (χ0n) is 11.2. The summed E-state index contributed by atoms with van der Waals surface area (Å²) in [5.41, 5.74) is 1.16. The molecule has 3 heteroatoms. The number of nitrogens with one attached hydrogen (secondary N) is 1. The average molecular weight is 247 g/mol. The van der Waals surface area contributed by atoms with Gasteiger partial charge < -0.3 is 14.8 Å². The van der Waals surface area contributed by atoms with E-state index in [1.807, 2.05) is 6.07 Å². The van der Waals surface area contributed by atoms with E-state index in [1.54, 1.807) is 0 Å². The van der Waals surface area contributed by atoms with E-state index < -0.39 is 0 Å². The van der Waals surface area contributed by atoms with Gasteiger partial charge in [0.05, 0.1) is 0 Å². The van der Waals surface area contributed by atoms with E-state index in [0.717, 1.165) is 31.1 Å². The molecule has 0 amide bonds. The first kappa shape index (κ1) is 11.8. The lowest BCUT2D eigenvalue weighted by atomic mass is 10.0. The average Bonchev–Trinajstić information content (AvgIpc) is 2.91. The molecule has 0 aliphatic carbocycles. The predicted octanol–water partition coefficient (Wildman–Crippen LogP) is 2.53. The summed E-state index contributed by atoms with van der Waals surface area (Å²) in [7, 11) is 0. The molecule has 0 aromatic heterocycles. The molecule has 2 heterocycles. The lowest BCUT2D eigenvalue weighted by molar-refractivity contribution is 0.131. The van der Waals surface area contributed by atoms with Gasteiger partial charge in [0.15, 0.2) is 11.5 Å². The van der Waals surface area contributed by atoms with Crippen LogP contribution >= 0.6 is 0 Å². The van der Waals surface area contributed by atoms with Crippen molar-refractivity contribution in [1.82, 2.24) is 5.32 Å². The Bertz CT molecular complexity index is 436. The molecule has 1 aromatic rings. The zero-order valence-corrected chi connectivity index (χ0v) is 11.2. The first-order valence-corrected chi connectivity index (χ1v) is 6.81. The van der Waals surface area contributed by atoms with Crippen molar-refractivity contribution in [2.75, 3.05) is 13.2 Å². The van der Waals surface area contributed by atoms with Gasteiger partial charge in [-0.15, -0.1) is 0 Å². The summed E-state index contributed by atoms with van der Waals surface area (Å²) >= 11 is 0. The highest BCUT2D eigenvalue weighted by atomic mass is 16.5. The molecular formula is C15H21NO2. The highest BCUT2D eigenvalue weighted by molar-refractivity contribution is 5.50. The molecule has 1 fully saturated rings. The fourth-order valence-corrected chi connectivity index (χ4v) is 2.79. The van der Waals surface area contributed by atoms with Crippen molar-refractivity contribution < 1.29 is 9.47 Å². The maximum atomic E-state index is 6.00. The second-order valence-electron chi connectivity index (χ2n) is 5.89. The van der Waals surface area contributed by atoms with E-state index in [9.17, 15) is 0 Å². The van der Waals surface area contributed by atoms with E-state index in [-0.39, 0.29) is 5.60 Å². The van der Waals surface area contributed by atoms with Crippen LogP contribution in [0.4, 0.5) is 0 Å². The Morgan fingerprint density at radius 2 is 2.33 bits per heavy atom. The minimum atomic E-state index is -0.104. The highest BCUT2D eigenvalue weighted by Crippen LogP contribution is 2.41. The fourth-order valence-electron chi connectivity index (χ4n) is 2.79. The van der Waals surface area contributed by atoms with Crippen LogP contribution in [0, 0.1) is 0 Å². The molecule has 0 spiro atoms. The third-order valence-electron chi connectivity index (χ3n) is 3.66. The molecule has 2 aliphatic heterocycles. The third-order valence-corrected chi connectivity index (χ3v) is 3.66. The summed E-state index contributed by atoms with van der Waals surface area (Å²) in [6.07, 6.45) is 3.42. The monoisotopic (exact) mass is 247 g/mol. The van der Waals surface area contributed by atoms with Crippen LogP contribution in [0.3, 0.4) is 0 Å². The topological polar surface area (TPSA) is 30.5 Å². The standard InChI is InChI=1S/C15H21NO2/c1-15(2)9-11-5-3-7-13(14(11)18-15)17-10-12-6-4-8-16-12/h3,5,7,12,16H,4,6,8-10H2,1-2H3/t12-/m1/s1. The van der Waals surface area contributed by atoms with Gasteiger partial charge in [-0.05, 0) is 39.3 Å². The SMILES string of the molecule is CC1(C)Cc2cccc(OC[C@H]3CCCN3)c2O1. The molecule has 3 nitrogen and oxygen atoms in total. The summed E-state index contributed by atoms with van der Waals surface area (Å²) < 4.78 is 11.9. The molecule has 0 radical (unpaired) electrons. The minimum absolute atomic E-state index is 0.104. The van der Waals surface area contributed by atoms with Crippen LogP contribution in [-0.4, -0.2) is 24.8 Å². The summed E-state index contributed by atoms with van der Waals surface area (Å²) in [5, 5.41) is 3.44. The van der Waals surface area contributed by atoms with Crippen molar-refractivity contribution >= 4 is 0 Å². The second-order valence-corrected chi connectivity index (χ2v) is 5.89. The molecule has 2 aliphatic rings. The molecule has 0 unspecified atom stereocenters. The number of benzene rings is 1. The van der Waals surface area contributed by atoms with Crippen LogP contribution < -0.4 is 14.8 Å². The second kappa shape index (κ2) is 4.47. The van der Waals surface area contributed by atoms with Crippen molar-refractivity contribution in [3.63, 3.8) is 0 Å². The molecule has 1 atom stereocenters. The van der Waals surface area contributed by atoms with Gasteiger partial charge in [-0.2, -0.15) is 0 Å². The Morgan fingerprint density at radius 1 is 1.44 bits per heavy atom. The molecule has 0 saturated carbocycles. The van der Waals surface area contributed by atoms with Crippen molar-refractivity contribution in [2.24, 2.45) is 0 Å². The van der Waals surface area contributed by atoms with Crippen molar-refractivity contribution in [2.45, 2.75) is 44.8 Å². The number of rotatable bonds is 3. The van der Waals surface area contributed by atoms with E-state index in [0.29, 0.717) is 6.04 Å². The number of hydrogen-bond donors (Lipinski definition) is 1. The van der Waals surface area contributed by atoms with Crippen LogP contribution in [0.1, 0.15) is 32.3 Å². The molecule has 3 rings (SSSR count). The van der Waals surface area contributed by atoms with Crippen molar-refractivity contribution in [3.05, 3.63) is 23.8 Å². The molecule has 0 bridgehead atoms. The van der Waals surface area contributed by atoms with E-state index in [1.165, 1.54) is 18.4 Å². The number of fused-ring (bicyclic) bond motifs is 1. The molecule has 98 valence electrons. The smallest absolute Gasteiger partial charge is 0.165 e. The number of para-hydroxylation sites is 1. The van der Waals surface area contributed by atoms with Crippen LogP contribution in [0.2, 0.25) is 0 Å². The molecule has 1 aromatic carbocycles. The Morgan fingerprint density at radius 3 is 3.11 bits per heavy atom. The molecule has 1 N–H and O–H groups in total. The summed E-state index contributed by atoms with van der Waals surface area (Å²) in [6.45, 7) is 6.09. The van der Waals surface area contributed by atoms with Crippen molar-refractivity contribution in [3.8, 4) is 11.5 Å². The fraction of sp³-hybridized carbons (Fsp3) is 0.600. The number of hydrogen-bond acceptors (Lipinski definition) is 3. The van der Waals surface area contributed by atoms with Gasteiger partial charge in [-0.3, -0.25) is 0 Å². The Kier molecular flexibility index (Phi) is 2.94. The largest absolute Gasteiger partial charge is 0.488 e. The lowest BCUT2D eigenvalue weighted by Crippen LogP contribution is -2.28. The van der Waals surface area contributed by atoms with Crippen LogP contribution in [0.5, 0.6) is 11.5 Å². The van der Waals surface area contributed by atoms with Gasteiger partial charge in [-0.25, -0.2) is 0 Å². The van der Waals surface area contributed by atoms with Gasteiger partial charge in [-0.1, -0.05) is 12.1 Å². The van der Waals surface area contributed by atoms with Gasteiger partial charge in [0.1, 0.15) is 12.2 Å². The van der Waals surface area contributed by atoms with Crippen LogP contribution in [0.25, 0.3) is 0 Å². The Balaban J connectivity index is 1.72. The molecular weight excluding hydrogens is 226 g/mol.